The molecule has 1 aromatic heterocycles. The fraction of sp³-hybridized carbons (Fsp3) is 0.273. The third kappa shape index (κ3) is 5.24. The molecular formula is C22H21NO7S. The van der Waals surface area contributed by atoms with Crippen LogP contribution < -0.4 is 0 Å². The Hall–Kier alpha value is -3.33. The summed E-state index contributed by atoms with van der Waals surface area (Å²) in [6, 6.07) is 8.03. The minimum atomic E-state index is -1.01. The number of hydrogen-bond acceptors (Lipinski definition) is 7. The van der Waals surface area contributed by atoms with E-state index in [9.17, 15) is 19.2 Å². The quantitative estimate of drug-likeness (QED) is 0.364. The van der Waals surface area contributed by atoms with E-state index in [2.05, 4.69) is 0 Å². The molecule has 1 saturated heterocycles. The summed E-state index contributed by atoms with van der Waals surface area (Å²) in [7, 11) is 0. The molecule has 1 fully saturated rings. The molecule has 0 radical (unpaired) electrons. The maximum atomic E-state index is 12.5. The maximum Gasteiger partial charge on any atom is 0.335 e. The fourth-order valence-electron chi connectivity index (χ4n) is 2.92. The average molecular weight is 443 g/mol. The molecule has 1 aromatic carbocycles. The van der Waals surface area contributed by atoms with Crippen molar-refractivity contribution in [1.29, 1.82) is 0 Å². The summed E-state index contributed by atoms with van der Waals surface area (Å²) in [6.45, 7) is 3.56. The summed E-state index contributed by atoms with van der Waals surface area (Å²) >= 11 is 0.726. The van der Waals surface area contributed by atoms with E-state index in [1.807, 2.05) is 6.92 Å². The first-order valence-corrected chi connectivity index (χ1v) is 10.5. The smallest absolute Gasteiger partial charge is 0.335 e. The van der Waals surface area contributed by atoms with Gasteiger partial charge in [0.1, 0.15) is 18.1 Å². The van der Waals surface area contributed by atoms with Crippen LogP contribution in [0.2, 0.25) is 0 Å². The highest BCUT2D eigenvalue weighted by Crippen LogP contribution is 2.33. The molecular weight excluding hydrogens is 422 g/mol. The molecule has 8 nitrogen and oxygen atoms in total. The van der Waals surface area contributed by atoms with Crippen LogP contribution >= 0.6 is 11.8 Å². The van der Waals surface area contributed by atoms with Gasteiger partial charge < -0.3 is 14.3 Å². The summed E-state index contributed by atoms with van der Waals surface area (Å²) in [5, 5.41) is 8.54. The van der Waals surface area contributed by atoms with Crippen LogP contribution in [0.15, 0.2) is 39.7 Å². The Morgan fingerprint density at radius 2 is 2.00 bits per heavy atom. The Bertz CT molecular complexity index is 1070. The molecule has 162 valence electrons. The normalized spacial score (nSPS) is 15.0. The SMILES string of the molecule is CCCCOC(=O)CN1C(=O)S/C(=C\c2ccc(-c3ccc(C(=O)O)cc3C)o2)C1=O. The first kappa shape index (κ1) is 22.4. The summed E-state index contributed by atoms with van der Waals surface area (Å²) in [6.07, 6.45) is 3.02. The van der Waals surface area contributed by atoms with Gasteiger partial charge in [-0.05, 0) is 54.9 Å². The maximum absolute atomic E-state index is 12.5. The lowest BCUT2D eigenvalue weighted by Crippen LogP contribution is -2.34. The van der Waals surface area contributed by atoms with Crippen LogP contribution in [0.1, 0.15) is 41.4 Å². The number of rotatable bonds is 8. The summed E-state index contributed by atoms with van der Waals surface area (Å²) in [5.74, 6) is -1.37. The number of aryl methyl sites for hydroxylation is 1. The van der Waals surface area contributed by atoms with Gasteiger partial charge in [0.25, 0.3) is 11.1 Å². The highest BCUT2D eigenvalue weighted by Gasteiger charge is 2.36. The predicted molar refractivity (Wildman–Crippen MR) is 114 cm³/mol. The van der Waals surface area contributed by atoms with Crippen LogP contribution in [0.25, 0.3) is 17.4 Å². The van der Waals surface area contributed by atoms with Crippen molar-refractivity contribution in [1.82, 2.24) is 4.90 Å². The van der Waals surface area contributed by atoms with Crippen LogP contribution in [0, 0.1) is 6.92 Å². The van der Waals surface area contributed by atoms with Gasteiger partial charge in [-0.15, -0.1) is 0 Å². The molecule has 0 atom stereocenters. The highest BCUT2D eigenvalue weighted by atomic mass is 32.2. The number of thioether (sulfide) groups is 1. The van der Waals surface area contributed by atoms with Gasteiger partial charge in [0.2, 0.25) is 0 Å². The van der Waals surface area contributed by atoms with Crippen molar-refractivity contribution in [2.75, 3.05) is 13.2 Å². The summed E-state index contributed by atoms with van der Waals surface area (Å²) in [4.78, 5) is 48.6. The Morgan fingerprint density at radius 3 is 2.68 bits per heavy atom. The van der Waals surface area contributed by atoms with E-state index in [-0.39, 0.29) is 17.1 Å². The first-order chi connectivity index (χ1) is 14.8. The molecule has 0 spiro atoms. The molecule has 2 amide bonds. The Balaban J connectivity index is 1.73. The Labute approximate surface area is 182 Å². The first-order valence-electron chi connectivity index (χ1n) is 9.65. The van der Waals surface area contributed by atoms with Crippen LogP contribution in [0.3, 0.4) is 0 Å². The molecule has 1 N–H and O–H groups in total. The van der Waals surface area contributed by atoms with Crippen molar-refractivity contribution in [2.45, 2.75) is 26.7 Å². The average Bonchev–Trinajstić information content (AvgIpc) is 3.28. The number of amides is 2. The third-order valence-corrected chi connectivity index (χ3v) is 5.47. The molecule has 0 unspecified atom stereocenters. The lowest BCUT2D eigenvalue weighted by Gasteiger charge is -2.11. The molecule has 1 aliphatic rings. The summed E-state index contributed by atoms with van der Waals surface area (Å²) < 4.78 is 10.8. The molecule has 3 rings (SSSR count). The molecule has 0 aliphatic carbocycles. The number of carbonyl (C=O) groups is 4. The van der Waals surface area contributed by atoms with E-state index < -0.39 is 29.6 Å². The second-order valence-corrected chi connectivity index (χ2v) is 7.87. The Kier molecular flexibility index (Phi) is 6.96. The molecule has 31 heavy (non-hydrogen) atoms. The summed E-state index contributed by atoms with van der Waals surface area (Å²) in [5.41, 5.74) is 1.62. The lowest BCUT2D eigenvalue weighted by molar-refractivity contribution is -0.146. The van der Waals surface area contributed by atoms with E-state index in [0.29, 0.717) is 23.5 Å². The highest BCUT2D eigenvalue weighted by molar-refractivity contribution is 8.18. The number of carboxylic acid groups (broad SMARTS) is 1. The number of aromatic carboxylic acids is 1. The Morgan fingerprint density at radius 1 is 1.23 bits per heavy atom. The zero-order valence-electron chi connectivity index (χ0n) is 17.0. The van der Waals surface area contributed by atoms with Crippen molar-refractivity contribution < 1.29 is 33.4 Å². The number of furan rings is 1. The largest absolute Gasteiger partial charge is 0.478 e. The molecule has 1 aliphatic heterocycles. The third-order valence-electron chi connectivity index (χ3n) is 4.56. The van der Waals surface area contributed by atoms with Gasteiger partial charge >= 0.3 is 11.9 Å². The van der Waals surface area contributed by atoms with Crippen LogP contribution in [-0.2, 0) is 14.3 Å². The minimum absolute atomic E-state index is 0.144. The fourth-order valence-corrected chi connectivity index (χ4v) is 3.74. The number of benzene rings is 1. The zero-order chi connectivity index (χ0) is 22.5. The standard InChI is InChI=1S/C22H21NO7S/c1-3-4-9-29-19(24)12-23-20(25)18(31-22(23)28)11-15-6-8-17(30-15)16-7-5-14(21(26)27)10-13(16)2/h5-8,10-11H,3-4,9,12H2,1-2H3,(H,26,27)/b18-11-. The number of unbranched alkanes of at least 4 members (excludes halogenated alkanes) is 1. The van der Waals surface area contributed by atoms with E-state index in [0.717, 1.165) is 28.6 Å². The molecule has 2 aromatic rings. The van der Waals surface area contributed by atoms with Crippen molar-refractivity contribution in [3.8, 4) is 11.3 Å². The molecule has 0 bridgehead atoms. The number of carboxylic acids is 1. The van der Waals surface area contributed by atoms with Gasteiger partial charge in [0.05, 0.1) is 17.1 Å². The number of imide groups is 1. The number of carbonyl (C=O) groups excluding carboxylic acids is 3. The van der Waals surface area contributed by atoms with Crippen LogP contribution in [0.5, 0.6) is 0 Å². The van der Waals surface area contributed by atoms with Gasteiger partial charge in [-0.3, -0.25) is 19.3 Å². The van der Waals surface area contributed by atoms with Crippen LogP contribution in [-0.4, -0.2) is 46.2 Å². The predicted octanol–water partition coefficient (Wildman–Crippen LogP) is 4.33. The van der Waals surface area contributed by atoms with Gasteiger partial charge in [0, 0.05) is 11.6 Å². The number of nitrogens with zero attached hydrogens (tertiary/aromatic N) is 1. The monoisotopic (exact) mass is 443 g/mol. The van der Waals surface area contributed by atoms with Crippen LogP contribution in [0.4, 0.5) is 4.79 Å². The van der Waals surface area contributed by atoms with Crippen molar-refractivity contribution in [3.05, 3.63) is 52.1 Å². The van der Waals surface area contributed by atoms with E-state index in [4.69, 9.17) is 14.3 Å². The van der Waals surface area contributed by atoms with Gasteiger partial charge in [0.15, 0.2) is 0 Å². The minimum Gasteiger partial charge on any atom is -0.478 e. The number of hydrogen-bond donors (Lipinski definition) is 1. The van der Waals surface area contributed by atoms with Crippen molar-refractivity contribution >= 4 is 40.9 Å². The topological polar surface area (TPSA) is 114 Å². The van der Waals surface area contributed by atoms with Gasteiger partial charge in [-0.1, -0.05) is 19.4 Å². The lowest BCUT2D eigenvalue weighted by atomic mass is 10.0. The molecule has 0 saturated carbocycles. The number of esters is 1. The molecule has 2 heterocycles. The molecule has 9 heteroatoms. The second kappa shape index (κ2) is 9.65. The van der Waals surface area contributed by atoms with E-state index in [1.165, 1.54) is 12.1 Å². The zero-order valence-corrected chi connectivity index (χ0v) is 17.9. The van der Waals surface area contributed by atoms with Crippen molar-refractivity contribution in [3.63, 3.8) is 0 Å². The van der Waals surface area contributed by atoms with E-state index in [1.54, 1.807) is 31.2 Å². The van der Waals surface area contributed by atoms with Gasteiger partial charge in [-0.2, -0.15) is 0 Å². The number of ether oxygens (including phenoxy) is 1. The van der Waals surface area contributed by atoms with Crippen molar-refractivity contribution in [2.24, 2.45) is 0 Å². The second-order valence-electron chi connectivity index (χ2n) is 6.88. The van der Waals surface area contributed by atoms with E-state index >= 15 is 0 Å². The van der Waals surface area contributed by atoms with Gasteiger partial charge in [-0.25, -0.2) is 4.79 Å².